The van der Waals surface area contributed by atoms with Gasteiger partial charge in [-0.3, -0.25) is 9.59 Å². The number of hydrogen-bond donors (Lipinski definition) is 4. The molecule has 0 aromatic rings. The van der Waals surface area contributed by atoms with Crippen LogP contribution in [0.3, 0.4) is 0 Å². The van der Waals surface area contributed by atoms with Crippen LogP contribution in [0.4, 0.5) is 4.79 Å². The van der Waals surface area contributed by atoms with E-state index < -0.39 is 73.8 Å². The van der Waals surface area contributed by atoms with Crippen molar-refractivity contribution in [2.24, 2.45) is 17.6 Å². The Bertz CT molecular complexity index is 883. The van der Waals surface area contributed by atoms with E-state index in [1.807, 2.05) is 0 Å². The van der Waals surface area contributed by atoms with Crippen molar-refractivity contribution >= 4 is 33.8 Å². The van der Waals surface area contributed by atoms with Crippen LogP contribution in [-0.4, -0.2) is 79.3 Å². The van der Waals surface area contributed by atoms with E-state index in [2.05, 4.69) is 15.4 Å². The summed E-state index contributed by atoms with van der Waals surface area (Å²) in [6.45, 7) is 5.26. The van der Waals surface area contributed by atoms with Crippen LogP contribution in [0, 0.1) is 11.8 Å². The summed E-state index contributed by atoms with van der Waals surface area (Å²) >= 11 is 0. The zero-order chi connectivity index (χ0) is 24.5. The van der Waals surface area contributed by atoms with Gasteiger partial charge in [-0.05, 0) is 46.6 Å². The molecule has 0 aromatic heterocycles. The van der Waals surface area contributed by atoms with E-state index >= 15 is 0 Å². The standard InChI is InChI=1S/C19H31N3O9S/c1-18(2,3)31-17(27)21-10(7-5-6-8-20)14(23)22-19(16(25)26)9-32(28,29)13-11(12(13)19)15(24)30-4/h10-13H,5-9,20H2,1-4H3,(H,21,27)(H,22,23)(H,25,26)/t10-,11+,12+,13-,19-/m0/s1. The van der Waals surface area contributed by atoms with Gasteiger partial charge in [0.25, 0.3) is 0 Å². The highest BCUT2D eigenvalue weighted by Gasteiger charge is 2.79. The number of carboxylic acid groups (broad SMARTS) is 1. The molecule has 13 heteroatoms. The number of sulfone groups is 1. The van der Waals surface area contributed by atoms with Crippen molar-refractivity contribution in [3.63, 3.8) is 0 Å². The normalized spacial score (nSPS) is 28.7. The molecule has 2 rings (SSSR count). The molecule has 5 atom stereocenters. The van der Waals surface area contributed by atoms with Gasteiger partial charge in [0.2, 0.25) is 5.91 Å². The van der Waals surface area contributed by atoms with Crippen molar-refractivity contribution in [2.45, 2.75) is 62.5 Å². The number of hydrogen-bond acceptors (Lipinski definition) is 9. The third kappa shape index (κ3) is 5.31. The van der Waals surface area contributed by atoms with E-state index in [0.29, 0.717) is 19.4 Å². The molecule has 0 radical (unpaired) electrons. The molecule has 0 spiro atoms. The van der Waals surface area contributed by atoms with E-state index in [4.69, 9.17) is 10.5 Å². The number of carbonyl (C=O) groups excluding carboxylic acids is 3. The fourth-order valence-electron chi connectivity index (χ4n) is 4.14. The highest BCUT2D eigenvalue weighted by Crippen LogP contribution is 2.58. The van der Waals surface area contributed by atoms with Crippen LogP contribution in [0.25, 0.3) is 0 Å². The Balaban J connectivity index is 2.27. The molecule has 1 aliphatic carbocycles. The molecule has 32 heavy (non-hydrogen) atoms. The molecule has 2 aliphatic rings. The summed E-state index contributed by atoms with van der Waals surface area (Å²) in [5.41, 5.74) is 2.44. The van der Waals surface area contributed by atoms with Gasteiger partial charge < -0.3 is 30.9 Å². The van der Waals surface area contributed by atoms with Crippen LogP contribution >= 0.6 is 0 Å². The van der Waals surface area contributed by atoms with Gasteiger partial charge in [0.05, 0.1) is 24.0 Å². The second-order valence-electron chi connectivity index (χ2n) is 9.10. The highest BCUT2D eigenvalue weighted by molar-refractivity contribution is 7.92. The van der Waals surface area contributed by atoms with Gasteiger partial charge in [-0.2, -0.15) is 0 Å². The molecular formula is C19H31N3O9S. The number of amides is 2. The first-order chi connectivity index (χ1) is 14.7. The lowest BCUT2D eigenvalue weighted by Crippen LogP contribution is -2.62. The summed E-state index contributed by atoms with van der Waals surface area (Å²) < 4.78 is 34.8. The molecule has 2 amide bonds. The number of nitrogens with two attached hydrogens (primary N) is 1. The van der Waals surface area contributed by atoms with Crippen molar-refractivity contribution in [3.05, 3.63) is 0 Å². The monoisotopic (exact) mass is 477 g/mol. The maximum Gasteiger partial charge on any atom is 0.408 e. The predicted molar refractivity (Wildman–Crippen MR) is 111 cm³/mol. The van der Waals surface area contributed by atoms with Gasteiger partial charge in [-0.15, -0.1) is 0 Å². The van der Waals surface area contributed by atoms with Gasteiger partial charge >= 0.3 is 18.0 Å². The smallest absolute Gasteiger partial charge is 0.408 e. The first-order valence-corrected chi connectivity index (χ1v) is 12.0. The Morgan fingerprint density at radius 2 is 1.84 bits per heavy atom. The van der Waals surface area contributed by atoms with Gasteiger partial charge in [-0.1, -0.05) is 0 Å². The number of carbonyl (C=O) groups is 4. The van der Waals surface area contributed by atoms with Crippen LogP contribution in [0.15, 0.2) is 0 Å². The molecule has 1 heterocycles. The Kier molecular flexibility index (Phi) is 7.45. The van der Waals surface area contributed by atoms with Crippen molar-refractivity contribution in [3.8, 4) is 0 Å². The quantitative estimate of drug-likeness (QED) is 0.240. The number of fused-ring (bicyclic) bond motifs is 1. The number of carboxylic acids is 1. The van der Waals surface area contributed by atoms with Crippen molar-refractivity contribution in [2.75, 3.05) is 19.4 Å². The fraction of sp³-hybridized carbons (Fsp3) is 0.789. The summed E-state index contributed by atoms with van der Waals surface area (Å²) in [5.74, 6) is -6.51. The fourth-order valence-corrected chi connectivity index (χ4v) is 6.84. The van der Waals surface area contributed by atoms with Gasteiger partial charge in [0, 0.05) is 5.92 Å². The summed E-state index contributed by atoms with van der Waals surface area (Å²) in [6.07, 6.45) is 0.234. The maximum absolute atomic E-state index is 13.0. The number of methoxy groups -OCH3 is 1. The lowest BCUT2D eigenvalue weighted by molar-refractivity contribution is -0.149. The summed E-state index contributed by atoms with van der Waals surface area (Å²) in [7, 11) is -2.90. The van der Waals surface area contributed by atoms with Crippen LogP contribution in [0.1, 0.15) is 40.0 Å². The summed E-state index contributed by atoms with van der Waals surface area (Å²) in [6, 6.07) is -1.19. The second-order valence-corrected chi connectivity index (χ2v) is 11.3. The number of ether oxygens (including phenoxy) is 2. The van der Waals surface area contributed by atoms with E-state index in [1.54, 1.807) is 20.8 Å². The number of unbranched alkanes of at least 4 members (excludes halogenated alkanes) is 1. The minimum Gasteiger partial charge on any atom is -0.479 e. The van der Waals surface area contributed by atoms with Crippen LogP contribution < -0.4 is 16.4 Å². The summed E-state index contributed by atoms with van der Waals surface area (Å²) in [5, 5.41) is 13.4. The molecule has 12 nitrogen and oxygen atoms in total. The molecule has 0 unspecified atom stereocenters. The topological polar surface area (TPSA) is 191 Å². The first-order valence-electron chi connectivity index (χ1n) is 10.2. The minimum absolute atomic E-state index is 0.124. The Morgan fingerprint density at radius 3 is 2.34 bits per heavy atom. The highest BCUT2D eigenvalue weighted by atomic mass is 32.2. The van der Waals surface area contributed by atoms with E-state index in [-0.39, 0.29) is 6.42 Å². The summed E-state index contributed by atoms with van der Waals surface area (Å²) in [4.78, 5) is 49.4. The number of alkyl carbamates (subject to hydrolysis) is 1. The molecule has 1 saturated heterocycles. The van der Waals surface area contributed by atoms with E-state index in [0.717, 1.165) is 7.11 Å². The lowest BCUT2D eigenvalue weighted by atomic mass is 9.93. The third-order valence-corrected chi connectivity index (χ3v) is 7.80. The molecule has 1 saturated carbocycles. The molecular weight excluding hydrogens is 446 g/mol. The van der Waals surface area contributed by atoms with Crippen molar-refractivity contribution < 1.29 is 42.2 Å². The number of aliphatic carboxylic acids is 1. The van der Waals surface area contributed by atoms with E-state index in [1.165, 1.54) is 0 Å². The van der Waals surface area contributed by atoms with E-state index in [9.17, 15) is 32.7 Å². The lowest BCUT2D eigenvalue weighted by Gasteiger charge is -2.30. The molecule has 5 N–H and O–H groups in total. The zero-order valence-corrected chi connectivity index (χ0v) is 19.4. The average Bonchev–Trinajstić information content (AvgIpc) is 3.36. The number of rotatable bonds is 9. The molecule has 1 aliphatic heterocycles. The first kappa shape index (κ1) is 25.8. The largest absolute Gasteiger partial charge is 0.479 e. The SMILES string of the molecule is COC(=O)[C@@H]1[C@@H]2[C@H]1S(=O)(=O)C[C@@]2(NC(=O)[C@H](CCCCN)NC(=O)OC(C)(C)C)C(=O)O. The van der Waals surface area contributed by atoms with Crippen molar-refractivity contribution in [1.29, 1.82) is 0 Å². The van der Waals surface area contributed by atoms with Gasteiger partial charge in [-0.25, -0.2) is 18.0 Å². The molecule has 0 bridgehead atoms. The molecule has 182 valence electrons. The second kappa shape index (κ2) is 9.22. The van der Waals surface area contributed by atoms with Crippen LogP contribution in [0.5, 0.6) is 0 Å². The third-order valence-electron chi connectivity index (χ3n) is 5.52. The Morgan fingerprint density at radius 1 is 1.22 bits per heavy atom. The van der Waals surface area contributed by atoms with Crippen molar-refractivity contribution in [1.82, 2.24) is 10.6 Å². The Labute approximate surface area is 186 Å². The molecule has 2 fully saturated rings. The zero-order valence-electron chi connectivity index (χ0n) is 18.5. The average molecular weight is 478 g/mol. The maximum atomic E-state index is 13.0. The molecule has 0 aromatic carbocycles. The number of esters is 1. The predicted octanol–water partition coefficient (Wildman–Crippen LogP) is -0.836. The van der Waals surface area contributed by atoms with Gasteiger partial charge in [0.15, 0.2) is 15.4 Å². The minimum atomic E-state index is -3.97. The van der Waals surface area contributed by atoms with Crippen LogP contribution in [0.2, 0.25) is 0 Å². The Hall–Kier alpha value is -2.41. The number of nitrogens with one attached hydrogen (secondary N) is 2. The van der Waals surface area contributed by atoms with Gasteiger partial charge in [0.1, 0.15) is 11.6 Å². The van der Waals surface area contributed by atoms with Crippen LogP contribution in [-0.2, 0) is 33.7 Å².